The van der Waals surface area contributed by atoms with Gasteiger partial charge in [0.15, 0.2) is 0 Å². The van der Waals surface area contributed by atoms with Gasteiger partial charge in [0, 0.05) is 0 Å². The fraction of sp³-hybridized carbons (Fsp3) is 0.857. The maximum Gasteiger partial charge on any atom is -0.0353 e. The summed E-state index contributed by atoms with van der Waals surface area (Å²) in [6.45, 7) is 12.0. The van der Waals surface area contributed by atoms with E-state index in [1.54, 1.807) is 0 Å². The molecule has 0 radical (unpaired) electrons. The van der Waals surface area contributed by atoms with Crippen LogP contribution in [-0.4, -0.2) is 0 Å². The Labute approximate surface area is 180 Å². The molecule has 0 aliphatic rings. The van der Waals surface area contributed by atoms with Gasteiger partial charge in [-0.1, -0.05) is 142 Å². The molecule has 0 nitrogen and oxygen atoms in total. The Balaban J connectivity index is 0. The molecule has 0 atom stereocenters. The van der Waals surface area contributed by atoms with Gasteiger partial charge in [0.05, 0.1) is 0 Å². The van der Waals surface area contributed by atoms with Gasteiger partial charge in [0.1, 0.15) is 0 Å². The first-order valence-electron chi connectivity index (χ1n) is 13.0. The summed E-state index contributed by atoms with van der Waals surface area (Å²) in [4.78, 5) is 0. The fourth-order valence-corrected chi connectivity index (χ4v) is 3.55. The zero-order valence-corrected chi connectivity index (χ0v) is 20.1. The van der Waals surface area contributed by atoms with Gasteiger partial charge < -0.3 is 0 Å². The van der Waals surface area contributed by atoms with E-state index >= 15 is 0 Å². The van der Waals surface area contributed by atoms with Gasteiger partial charge in [-0.2, -0.15) is 0 Å². The molecule has 168 valence electrons. The molecule has 28 heavy (non-hydrogen) atoms. The Hall–Kier alpha value is -0.520. The van der Waals surface area contributed by atoms with Crippen LogP contribution in [0.5, 0.6) is 0 Å². The first kappa shape index (κ1) is 29.7. The molecular formula is C28H56. The van der Waals surface area contributed by atoms with Crippen molar-refractivity contribution in [2.75, 3.05) is 0 Å². The van der Waals surface area contributed by atoms with Crippen LogP contribution in [0.3, 0.4) is 0 Å². The normalized spacial score (nSPS) is 10.4. The maximum absolute atomic E-state index is 3.74. The van der Waals surface area contributed by atoms with Crippen LogP contribution in [0, 0.1) is 0 Å². The van der Waals surface area contributed by atoms with E-state index in [0.717, 1.165) is 0 Å². The predicted octanol–water partition coefficient (Wildman–Crippen LogP) is 11.0. The topological polar surface area (TPSA) is 0 Å². The molecule has 0 N–H and O–H groups in total. The van der Waals surface area contributed by atoms with Crippen LogP contribution in [-0.2, 0) is 0 Å². The second-order valence-electron chi connectivity index (χ2n) is 8.52. The molecule has 0 aromatic heterocycles. The van der Waals surface area contributed by atoms with E-state index < -0.39 is 0 Å². The zero-order valence-electron chi connectivity index (χ0n) is 20.1. The first-order valence-corrected chi connectivity index (χ1v) is 13.0. The van der Waals surface area contributed by atoms with E-state index in [1.807, 2.05) is 12.2 Å². The van der Waals surface area contributed by atoms with Crippen LogP contribution < -0.4 is 0 Å². The van der Waals surface area contributed by atoms with Gasteiger partial charge in [-0.3, -0.25) is 0 Å². The molecule has 0 rings (SSSR count). The summed E-state index contributed by atoms with van der Waals surface area (Å²) in [7, 11) is 0. The molecule has 0 aromatic carbocycles. The van der Waals surface area contributed by atoms with E-state index in [9.17, 15) is 0 Å². The summed E-state index contributed by atoms with van der Waals surface area (Å²) in [5.41, 5.74) is 0. The highest BCUT2D eigenvalue weighted by Gasteiger charge is 1.92. The first-order chi connectivity index (χ1) is 13.8. The molecule has 0 fully saturated rings. The third-order valence-electron chi connectivity index (χ3n) is 5.52. The third kappa shape index (κ3) is 33.1. The second-order valence-corrected chi connectivity index (χ2v) is 8.52. The molecule has 0 aromatic rings. The van der Waals surface area contributed by atoms with Crippen molar-refractivity contribution in [1.29, 1.82) is 0 Å². The maximum atomic E-state index is 3.74. The van der Waals surface area contributed by atoms with Gasteiger partial charge in [0.2, 0.25) is 0 Å². The van der Waals surface area contributed by atoms with Crippen molar-refractivity contribution in [3.8, 4) is 0 Å². The SMILES string of the molecule is C=CCCCCCCCCCCCC.C=CCCCCCCCCCCCC. The third-order valence-corrected chi connectivity index (χ3v) is 5.52. The summed E-state index contributed by atoms with van der Waals surface area (Å²) in [5, 5.41) is 0. The van der Waals surface area contributed by atoms with Crippen molar-refractivity contribution in [3.63, 3.8) is 0 Å². The van der Waals surface area contributed by atoms with Crippen molar-refractivity contribution in [2.45, 2.75) is 155 Å². The number of allylic oxidation sites excluding steroid dienone is 2. The summed E-state index contributed by atoms with van der Waals surface area (Å²) in [6, 6.07) is 0. The van der Waals surface area contributed by atoms with Crippen molar-refractivity contribution < 1.29 is 0 Å². The van der Waals surface area contributed by atoms with Crippen molar-refractivity contribution in [2.24, 2.45) is 0 Å². The average Bonchev–Trinajstić information content (AvgIpc) is 2.71. The van der Waals surface area contributed by atoms with Gasteiger partial charge in [-0.15, -0.1) is 13.2 Å². The predicted molar refractivity (Wildman–Crippen MR) is 133 cm³/mol. The highest BCUT2D eigenvalue weighted by Crippen LogP contribution is 2.12. The highest BCUT2D eigenvalue weighted by molar-refractivity contribution is 4.65. The summed E-state index contributed by atoms with van der Waals surface area (Å²) in [5.74, 6) is 0. The fourth-order valence-electron chi connectivity index (χ4n) is 3.55. The van der Waals surface area contributed by atoms with Crippen LogP contribution in [0.15, 0.2) is 25.3 Å². The Bertz CT molecular complexity index is 237. The highest BCUT2D eigenvalue weighted by atomic mass is 14.0. The second kappa shape index (κ2) is 31.2. The minimum atomic E-state index is 1.20. The van der Waals surface area contributed by atoms with Crippen molar-refractivity contribution in [3.05, 3.63) is 25.3 Å². The van der Waals surface area contributed by atoms with Gasteiger partial charge >= 0.3 is 0 Å². The smallest absolute Gasteiger partial charge is 0.0353 e. The Morgan fingerprint density at radius 3 is 0.786 bits per heavy atom. The van der Waals surface area contributed by atoms with Crippen LogP contribution >= 0.6 is 0 Å². The van der Waals surface area contributed by atoms with E-state index in [2.05, 4.69) is 27.0 Å². The van der Waals surface area contributed by atoms with Crippen molar-refractivity contribution in [1.82, 2.24) is 0 Å². The lowest BCUT2D eigenvalue weighted by atomic mass is 10.1. The molecule has 0 amide bonds. The molecule has 0 saturated heterocycles. The molecular weight excluding hydrogens is 336 g/mol. The zero-order chi connectivity index (χ0) is 21.0. The molecule has 0 aliphatic heterocycles. The molecule has 0 heteroatoms. The van der Waals surface area contributed by atoms with Crippen LogP contribution in [0.4, 0.5) is 0 Å². The standard InChI is InChI=1S/2C14H28/c2*1-3-5-7-9-11-13-14-12-10-8-6-4-2/h2*3H,1,4-14H2,2H3. The minimum Gasteiger partial charge on any atom is -0.103 e. The molecule has 0 unspecified atom stereocenters. The monoisotopic (exact) mass is 392 g/mol. The average molecular weight is 393 g/mol. The summed E-state index contributed by atoms with van der Waals surface area (Å²) in [6.07, 6.45) is 35.0. The summed E-state index contributed by atoms with van der Waals surface area (Å²) >= 11 is 0. The Kier molecular flexibility index (Phi) is 33.1. The summed E-state index contributed by atoms with van der Waals surface area (Å²) < 4.78 is 0. The lowest BCUT2D eigenvalue weighted by Crippen LogP contribution is -1.81. The largest absolute Gasteiger partial charge is 0.103 e. The number of unbranched alkanes of at least 4 members (excludes halogenated alkanes) is 20. The van der Waals surface area contributed by atoms with Gasteiger partial charge in [0.25, 0.3) is 0 Å². The van der Waals surface area contributed by atoms with Gasteiger partial charge in [-0.05, 0) is 25.7 Å². The molecule has 0 spiro atoms. The molecule has 0 saturated carbocycles. The Morgan fingerprint density at radius 2 is 0.571 bits per heavy atom. The lowest BCUT2D eigenvalue weighted by molar-refractivity contribution is 0.558. The molecule has 0 aliphatic carbocycles. The van der Waals surface area contributed by atoms with E-state index in [1.165, 1.54) is 141 Å². The van der Waals surface area contributed by atoms with E-state index in [4.69, 9.17) is 0 Å². The van der Waals surface area contributed by atoms with Crippen LogP contribution in [0.1, 0.15) is 155 Å². The number of rotatable bonds is 22. The van der Waals surface area contributed by atoms with E-state index in [0.29, 0.717) is 0 Å². The van der Waals surface area contributed by atoms with Crippen molar-refractivity contribution >= 4 is 0 Å². The molecule has 0 heterocycles. The van der Waals surface area contributed by atoms with E-state index in [-0.39, 0.29) is 0 Å². The number of hydrogen-bond acceptors (Lipinski definition) is 0. The Morgan fingerprint density at radius 1 is 0.357 bits per heavy atom. The van der Waals surface area contributed by atoms with Gasteiger partial charge in [-0.25, -0.2) is 0 Å². The van der Waals surface area contributed by atoms with Crippen LogP contribution in [0.25, 0.3) is 0 Å². The lowest BCUT2D eigenvalue weighted by Gasteiger charge is -2.00. The molecule has 0 bridgehead atoms. The quantitative estimate of drug-likeness (QED) is 0.127. The number of hydrogen-bond donors (Lipinski definition) is 0. The van der Waals surface area contributed by atoms with Crippen LogP contribution in [0.2, 0.25) is 0 Å². The minimum absolute atomic E-state index is 1.20.